The minimum absolute atomic E-state index is 0.896. The molecule has 3 rings (SSSR count). The van der Waals surface area contributed by atoms with Crippen molar-refractivity contribution in [3.63, 3.8) is 0 Å². The van der Waals surface area contributed by atoms with E-state index in [1.165, 1.54) is 101 Å². The lowest BCUT2D eigenvalue weighted by molar-refractivity contribution is 0.272. The molecule has 30 heavy (non-hydrogen) atoms. The maximum absolute atomic E-state index is 2.40. The summed E-state index contributed by atoms with van der Waals surface area (Å²) in [5, 5.41) is 0. The van der Waals surface area contributed by atoms with Gasteiger partial charge in [0.15, 0.2) is 0 Å². The third-order valence-corrected chi connectivity index (χ3v) is 7.20. The van der Waals surface area contributed by atoms with Crippen molar-refractivity contribution < 1.29 is 0 Å². The molecule has 0 atom stereocenters. The molecule has 2 aromatic carbocycles. The first-order valence-electron chi connectivity index (χ1n) is 12.9. The van der Waals surface area contributed by atoms with Gasteiger partial charge in [0, 0.05) is 0 Å². The lowest BCUT2D eigenvalue weighted by Crippen LogP contribution is -2.18. The number of rotatable bonds is 12. The highest BCUT2D eigenvalue weighted by Gasteiger charge is 2.21. The average molecular weight is 405 g/mol. The van der Waals surface area contributed by atoms with E-state index in [0.29, 0.717) is 0 Å². The van der Waals surface area contributed by atoms with Gasteiger partial charge in [-0.2, -0.15) is 0 Å². The van der Waals surface area contributed by atoms with Crippen molar-refractivity contribution in [1.82, 2.24) is 0 Å². The Hall–Kier alpha value is -1.56. The minimum Gasteiger partial charge on any atom is -0.0654 e. The van der Waals surface area contributed by atoms with E-state index >= 15 is 0 Å². The van der Waals surface area contributed by atoms with Crippen molar-refractivity contribution in [2.24, 2.45) is 11.8 Å². The summed E-state index contributed by atoms with van der Waals surface area (Å²) in [6.45, 7) is 4.56. The zero-order valence-electron chi connectivity index (χ0n) is 19.7. The fourth-order valence-electron chi connectivity index (χ4n) is 5.15. The van der Waals surface area contributed by atoms with Gasteiger partial charge in [0.05, 0.1) is 0 Å². The first kappa shape index (κ1) is 23.1. The van der Waals surface area contributed by atoms with Gasteiger partial charge in [-0.25, -0.2) is 0 Å². The molecular weight excluding hydrogens is 360 g/mol. The molecule has 0 N–H and O–H groups in total. The Morgan fingerprint density at radius 2 is 0.833 bits per heavy atom. The van der Waals surface area contributed by atoms with Crippen molar-refractivity contribution in [3.05, 3.63) is 70.8 Å². The second-order valence-corrected chi connectivity index (χ2v) is 9.84. The van der Waals surface area contributed by atoms with Crippen LogP contribution in [0, 0.1) is 11.8 Å². The Labute approximate surface area is 186 Å². The summed E-state index contributed by atoms with van der Waals surface area (Å²) in [4.78, 5) is 0. The Bertz CT molecular complexity index is 622. The maximum Gasteiger partial charge on any atom is -0.0250 e. The Balaban J connectivity index is 1.37. The molecule has 0 aromatic heterocycles. The van der Waals surface area contributed by atoms with Gasteiger partial charge in [0.1, 0.15) is 0 Å². The van der Waals surface area contributed by atoms with Crippen LogP contribution in [0.4, 0.5) is 0 Å². The molecule has 1 fully saturated rings. The van der Waals surface area contributed by atoms with Crippen LogP contribution in [0.25, 0.3) is 0 Å². The molecule has 1 aliphatic carbocycles. The van der Waals surface area contributed by atoms with E-state index < -0.39 is 0 Å². The molecule has 0 bridgehead atoms. The van der Waals surface area contributed by atoms with Crippen LogP contribution in [0.5, 0.6) is 0 Å². The fourth-order valence-corrected chi connectivity index (χ4v) is 5.15. The highest BCUT2D eigenvalue weighted by molar-refractivity contribution is 5.24. The maximum atomic E-state index is 2.40. The van der Waals surface area contributed by atoms with Gasteiger partial charge >= 0.3 is 0 Å². The van der Waals surface area contributed by atoms with Gasteiger partial charge in [-0.3, -0.25) is 0 Å². The minimum atomic E-state index is 0.896. The molecule has 0 heteroatoms. The summed E-state index contributed by atoms with van der Waals surface area (Å²) in [7, 11) is 0. The number of unbranched alkanes of at least 4 members (excludes halogenated alkanes) is 4. The van der Waals surface area contributed by atoms with Crippen LogP contribution in [-0.2, 0) is 25.7 Å². The third-order valence-electron chi connectivity index (χ3n) is 7.20. The van der Waals surface area contributed by atoms with Gasteiger partial charge < -0.3 is 0 Å². The summed E-state index contributed by atoms with van der Waals surface area (Å²) in [5.74, 6) is 1.79. The number of benzene rings is 2. The lowest BCUT2D eigenvalue weighted by Gasteiger charge is -2.28. The SMILES string of the molecule is CCCCCc1ccc(C[C@H]2CC[C@H](Cc3ccc(CCCCC)cc3)CC2)cc1. The van der Waals surface area contributed by atoms with E-state index in [1.807, 2.05) is 0 Å². The molecule has 0 heterocycles. The summed E-state index contributed by atoms with van der Waals surface area (Å²) in [6, 6.07) is 19.1. The quantitative estimate of drug-likeness (QED) is 0.310. The Kier molecular flexibility index (Phi) is 10.0. The zero-order chi connectivity index (χ0) is 21.0. The molecule has 0 saturated heterocycles. The Morgan fingerprint density at radius 3 is 1.17 bits per heavy atom. The van der Waals surface area contributed by atoms with Gasteiger partial charge in [0.25, 0.3) is 0 Å². The van der Waals surface area contributed by atoms with Crippen LogP contribution >= 0.6 is 0 Å². The molecule has 0 unspecified atom stereocenters. The molecule has 164 valence electrons. The predicted octanol–water partition coefficient (Wildman–Crippen LogP) is 8.74. The lowest BCUT2D eigenvalue weighted by atomic mass is 9.77. The first-order chi connectivity index (χ1) is 14.8. The normalized spacial score (nSPS) is 19.1. The molecule has 0 aliphatic heterocycles. The van der Waals surface area contributed by atoms with Crippen LogP contribution in [0.2, 0.25) is 0 Å². The van der Waals surface area contributed by atoms with Crippen molar-refractivity contribution in [2.45, 2.75) is 104 Å². The molecular formula is C30H44. The number of aryl methyl sites for hydroxylation is 2. The van der Waals surface area contributed by atoms with Gasteiger partial charge in [-0.05, 0) is 98.3 Å². The van der Waals surface area contributed by atoms with E-state index in [0.717, 1.165) is 11.8 Å². The highest BCUT2D eigenvalue weighted by Crippen LogP contribution is 2.33. The van der Waals surface area contributed by atoms with Gasteiger partial charge in [-0.1, -0.05) is 88.1 Å². The summed E-state index contributed by atoms with van der Waals surface area (Å²) >= 11 is 0. The monoisotopic (exact) mass is 404 g/mol. The van der Waals surface area contributed by atoms with Crippen LogP contribution in [-0.4, -0.2) is 0 Å². The van der Waals surface area contributed by atoms with Crippen molar-refractivity contribution in [1.29, 1.82) is 0 Å². The molecule has 1 aliphatic rings. The van der Waals surface area contributed by atoms with E-state index in [1.54, 1.807) is 11.1 Å². The van der Waals surface area contributed by atoms with Gasteiger partial charge in [0.2, 0.25) is 0 Å². The largest absolute Gasteiger partial charge is 0.0654 e. The number of hydrogen-bond donors (Lipinski definition) is 0. The average Bonchev–Trinajstić information content (AvgIpc) is 2.78. The van der Waals surface area contributed by atoms with Crippen LogP contribution < -0.4 is 0 Å². The van der Waals surface area contributed by atoms with E-state index in [2.05, 4.69) is 62.4 Å². The van der Waals surface area contributed by atoms with Crippen LogP contribution in [0.3, 0.4) is 0 Å². The second kappa shape index (κ2) is 13.0. The second-order valence-electron chi connectivity index (χ2n) is 9.84. The van der Waals surface area contributed by atoms with E-state index in [4.69, 9.17) is 0 Å². The van der Waals surface area contributed by atoms with Crippen molar-refractivity contribution >= 4 is 0 Å². The Morgan fingerprint density at radius 1 is 0.500 bits per heavy atom. The predicted molar refractivity (Wildman–Crippen MR) is 132 cm³/mol. The number of hydrogen-bond acceptors (Lipinski definition) is 0. The summed E-state index contributed by atoms with van der Waals surface area (Å²) < 4.78 is 0. The van der Waals surface area contributed by atoms with E-state index in [-0.39, 0.29) is 0 Å². The fraction of sp³-hybridized carbons (Fsp3) is 0.600. The summed E-state index contributed by atoms with van der Waals surface area (Å²) in [6.07, 6.45) is 18.7. The standard InChI is InChI=1S/C30H44/c1-3-5-7-9-25-11-15-27(16-12-25)23-29-19-21-30(22-20-29)24-28-17-13-26(14-18-28)10-8-6-4-2/h11-18,29-30H,3-10,19-24H2,1-2H3/t29-,30-. The van der Waals surface area contributed by atoms with Crippen LogP contribution in [0.1, 0.15) is 100 Å². The molecule has 0 amide bonds. The van der Waals surface area contributed by atoms with Crippen LogP contribution in [0.15, 0.2) is 48.5 Å². The molecule has 0 radical (unpaired) electrons. The first-order valence-corrected chi connectivity index (χ1v) is 12.9. The highest BCUT2D eigenvalue weighted by atomic mass is 14.3. The summed E-state index contributed by atoms with van der Waals surface area (Å²) in [5.41, 5.74) is 6.15. The van der Waals surface area contributed by atoms with Crippen molar-refractivity contribution in [3.8, 4) is 0 Å². The molecule has 1 saturated carbocycles. The zero-order valence-corrected chi connectivity index (χ0v) is 19.7. The smallest absolute Gasteiger partial charge is 0.0250 e. The molecule has 0 spiro atoms. The van der Waals surface area contributed by atoms with Gasteiger partial charge in [-0.15, -0.1) is 0 Å². The third kappa shape index (κ3) is 7.93. The van der Waals surface area contributed by atoms with Crippen molar-refractivity contribution in [2.75, 3.05) is 0 Å². The van der Waals surface area contributed by atoms with E-state index in [9.17, 15) is 0 Å². The molecule has 2 aromatic rings. The topological polar surface area (TPSA) is 0 Å². The molecule has 0 nitrogen and oxygen atoms in total.